The van der Waals surface area contributed by atoms with Crippen LogP contribution in [0.15, 0.2) is 77.7 Å². The number of rotatable bonds is 11. The Bertz CT molecular complexity index is 1390. The van der Waals surface area contributed by atoms with Crippen LogP contribution in [0.2, 0.25) is 0 Å². The van der Waals surface area contributed by atoms with Crippen LogP contribution >= 0.6 is 0 Å². The molecule has 3 aromatic rings. The van der Waals surface area contributed by atoms with Gasteiger partial charge in [0.1, 0.15) is 12.6 Å². The first kappa shape index (κ1) is 29.9. The molecule has 0 aliphatic heterocycles. The molecule has 208 valence electrons. The van der Waals surface area contributed by atoms with Crippen molar-refractivity contribution in [3.8, 4) is 0 Å². The van der Waals surface area contributed by atoms with E-state index in [-0.39, 0.29) is 23.4 Å². The van der Waals surface area contributed by atoms with Gasteiger partial charge < -0.3 is 10.2 Å². The van der Waals surface area contributed by atoms with Crippen molar-refractivity contribution in [3.63, 3.8) is 0 Å². The summed E-state index contributed by atoms with van der Waals surface area (Å²) in [7, 11) is -4.08. The lowest BCUT2D eigenvalue weighted by molar-refractivity contribution is -0.139. The summed E-state index contributed by atoms with van der Waals surface area (Å²) in [6.45, 7) is 11.0. The maximum atomic E-state index is 13.9. The lowest BCUT2D eigenvalue weighted by Crippen LogP contribution is -2.53. The molecule has 1 unspecified atom stereocenters. The molecule has 0 fully saturated rings. The first-order valence-electron chi connectivity index (χ1n) is 13.2. The molecule has 0 radical (unpaired) electrons. The zero-order valence-corrected chi connectivity index (χ0v) is 24.5. The minimum Gasteiger partial charge on any atom is -0.352 e. The number of sulfonamides is 1. The molecule has 1 N–H and O–H groups in total. The van der Waals surface area contributed by atoms with Gasteiger partial charge in [0.15, 0.2) is 0 Å². The number of benzene rings is 3. The van der Waals surface area contributed by atoms with Crippen molar-refractivity contribution in [1.29, 1.82) is 0 Å². The molecule has 3 aromatic carbocycles. The standard InChI is InChI=1S/C31H39N3O4S/c1-22(2)32-31(36)26(6)33(19-18-27-10-8-7-9-11-27)30(35)21-34(28-15-14-24(4)25(5)20-28)39(37,38)29-16-12-23(3)13-17-29/h7-17,20,22,26H,18-19,21H2,1-6H3,(H,32,36). The van der Waals surface area contributed by atoms with Gasteiger partial charge in [0.05, 0.1) is 10.6 Å². The fourth-order valence-electron chi connectivity index (χ4n) is 4.22. The zero-order chi connectivity index (χ0) is 28.7. The van der Waals surface area contributed by atoms with E-state index < -0.39 is 28.5 Å². The third-order valence-electron chi connectivity index (χ3n) is 6.75. The van der Waals surface area contributed by atoms with Crippen LogP contribution in [-0.4, -0.2) is 50.3 Å². The summed E-state index contributed by atoms with van der Waals surface area (Å²) in [6.07, 6.45) is 0.528. The van der Waals surface area contributed by atoms with Crippen molar-refractivity contribution in [2.24, 2.45) is 0 Å². The Labute approximate surface area is 232 Å². The number of nitrogens with one attached hydrogen (secondary N) is 1. The Morgan fingerprint density at radius 2 is 1.49 bits per heavy atom. The highest BCUT2D eigenvalue weighted by atomic mass is 32.2. The molecule has 0 heterocycles. The van der Waals surface area contributed by atoms with Gasteiger partial charge in [0.2, 0.25) is 11.8 Å². The van der Waals surface area contributed by atoms with E-state index in [2.05, 4.69) is 5.32 Å². The summed E-state index contributed by atoms with van der Waals surface area (Å²) in [4.78, 5) is 28.4. The van der Waals surface area contributed by atoms with E-state index >= 15 is 0 Å². The second-order valence-corrected chi connectivity index (χ2v) is 12.1. The van der Waals surface area contributed by atoms with Gasteiger partial charge in [-0.25, -0.2) is 8.42 Å². The molecule has 0 saturated heterocycles. The highest BCUT2D eigenvalue weighted by Gasteiger charge is 2.32. The van der Waals surface area contributed by atoms with Gasteiger partial charge in [-0.3, -0.25) is 13.9 Å². The molecule has 0 aliphatic carbocycles. The van der Waals surface area contributed by atoms with Crippen molar-refractivity contribution >= 4 is 27.5 Å². The van der Waals surface area contributed by atoms with Crippen molar-refractivity contribution in [3.05, 3.63) is 95.1 Å². The minimum atomic E-state index is -4.08. The molecule has 0 bridgehead atoms. The van der Waals surface area contributed by atoms with E-state index in [1.165, 1.54) is 4.90 Å². The van der Waals surface area contributed by atoms with Crippen molar-refractivity contribution in [2.45, 2.75) is 64.9 Å². The molecule has 1 atom stereocenters. The molecular weight excluding hydrogens is 510 g/mol. The second-order valence-electron chi connectivity index (χ2n) is 10.3. The Balaban J connectivity index is 2.00. The molecule has 3 rings (SSSR count). The molecule has 0 spiro atoms. The number of hydrogen-bond donors (Lipinski definition) is 1. The van der Waals surface area contributed by atoms with Crippen LogP contribution in [0.5, 0.6) is 0 Å². The summed E-state index contributed by atoms with van der Waals surface area (Å²) in [5.74, 6) is -0.739. The van der Waals surface area contributed by atoms with Crippen LogP contribution in [-0.2, 0) is 26.0 Å². The maximum Gasteiger partial charge on any atom is 0.264 e. The normalized spacial score (nSPS) is 12.2. The summed E-state index contributed by atoms with van der Waals surface area (Å²) < 4.78 is 29.0. The number of amides is 2. The Morgan fingerprint density at radius 3 is 2.08 bits per heavy atom. The van der Waals surface area contributed by atoms with Gasteiger partial charge in [-0.2, -0.15) is 0 Å². The van der Waals surface area contributed by atoms with Gasteiger partial charge in [-0.15, -0.1) is 0 Å². The van der Waals surface area contributed by atoms with Crippen molar-refractivity contribution in [1.82, 2.24) is 10.2 Å². The Morgan fingerprint density at radius 1 is 0.846 bits per heavy atom. The van der Waals surface area contributed by atoms with E-state index in [0.29, 0.717) is 12.1 Å². The SMILES string of the molecule is Cc1ccc(S(=O)(=O)N(CC(=O)N(CCc2ccccc2)C(C)C(=O)NC(C)C)c2ccc(C)c(C)c2)cc1. The van der Waals surface area contributed by atoms with Crippen LogP contribution in [0.4, 0.5) is 5.69 Å². The summed E-state index contributed by atoms with van der Waals surface area (Å²) in [5, 5.41) is 2.87. The summed E-state index contributed by atoms with van der Waals surface area (Å²) >= 11 is 0. The van der Waals surface area contributed by atoms with Crippen LogP contribution in [0, 0.1) is 20.8 Å². The predicted octanol–water partition coefficient (Wildman–Crippen LogP) is 4.79. The molecule has 7 nitrogen and oxygen atoms in total. The zero-order valence-electron chi connectivity index (χ0n) is 23.6. The fourth-order valence-corrected chi connectivity index (χ4v) is 5.63. The third-order valence-corrected chi connectivity index (χ3v) is 8.54. The molecule has 2 amide bonds. The Kier molecular flexibility index (Phi) is 9.92. The lowest BCUT2D eigenvalue weighted by atomic mass is 10.1. The highest BCUT2D eigenvalue weighted by Crippen LogP contribution is 2.26. The smallest absolute Gasteiger partial charge is 0.264 e. The monoisotopic (exact) mass is 549 g/mol. The summed E-state index contributed by atoms with van der Waals surface area (Å²) in [6, 6.07) is 20.7. The Hall–Kier alpha value is -3.65. The first-order valence-corrected chi connectivity index (χ1v) is 14.6. The van der Waals surface area contributed by atoms with E-state index in [1.54, 1.807) is 43.3 Å². The maximum absolute atomic E-state index is 13.9. The second kappa shape index (κ2) is 12.9. The summed E-state index contributed by atoms with van der Waals surface area (Å²) in [5.41, 5.74) is 4.27. The average molecular weight is 550 g/mol. The first-order chi connectivity index (χ1) is 18.4. The fraction of sp³-hybridized carbons (Fsp3) is 0.355. The highest BCUT2D eigenvalue weighted by molar-refractivity contribution is 7.92. The average Bonchev–Trinajstić information content (AvgIpc) is 2.89. The predicted molar refractivity (Wildman–Crippen MR) is 156 cm³/mol. The third kappa shape index (κ3) is 7.69. The molecular formula is C31H39N3O4S. The van der Waals surface area contributed by atoms with Crippen molar-refractivity contribution in [2.75, 3.05) is 17.4 Å². The molecule has 8 heteroatoms. The molecule has 39 heavy (non-hydrogen) atoms. The largest absolute Gasteiger partial charge is 0.352 e. The lowest BCUT2D eigenvalue weighted by Gasteiger charge is -2.32. The van der Waals surface area contributed by atoms with Crippen LogP contribution in [0.1, 0.15) is 43.0 Å². The number of anilines is 1. The van der Waals surface area contributed by atoms with Crippen LogP contribution in [0.3, 0.4) is 0 Å². The molecule has 0 saturated carbocycles. The minimum absolute atomic E-state index is 0.0972. The number of carbonyl (C=O) groups is 2. The van der Waals surface area contributed by atoms with Crippen LogP contribution in [0.25, 0.3) is 0 Å². The van der Waals surface area contributed by atoms with Gasteiger partial charge in [0, 0.05) is 12.6 Å². The van der Waals surface area contributed by atoms with E-state index in [9.17, 15) is 18.0 Å². The number of nitrogens with zero attached hydrogens (tertiary/aromatic N) is 2. The number of carbonyl (C=O) groups excluding carboxylic acids is 2. The number of hydrogen-bond acceptors (Lipinski definition) is 4. The quantitative estimate of drug-likeness (QED) is 0.373. The van der Waals surface area contributed by atoms with E-state index in [4.69, 9.17) is 0 Å². The van der Waals surface area contributed by atoms with E-state index in [1.807, 2.05) is 71.0 Å². The van der Waals surface area contributed by atoms with Gasteiger partial charge in [0.25, 0.3) is 10.0 Å². The molecule has 0 aliphatic rings. The van der Waals surface area contributed by atoms with Gasteiger partial charge >= 0.3 is 0 Å². The number of aryl methyl sites for hydroxylation is 3. The topological polar surface area (TPSA) is 86.8 Å². The van der Waals surface area contributed by atoms with Gasteiger partial charge in [-0.1, -0.05) is 54.1 Å². The van der Waals surface area contributed by atoms with Crippen LogP contribution < -0.4 is 9.62 Å². The van der Waals surface area contributed by atoms with Crippen molar-refractivity contribution < 1.29 is 18.0 Å². The van der Waals surface area contributed by atoms with E-state index in [0.717, 1.165) is 26.6 Å². The molecule has 0 aromatic heterocycles. The van der Waals surface area contributed by atoms with Gasteiger partial charge in [-0.05, 0) is 88.9 Å².